The van der Waals surface area contributed by atoms with Gasteiger partial charge in [0.25, 0.3) is 0 Å². The van der Waals surface area contributed by atoms with Crippen LogP contribution in [0.25, 0.3) is 0 Å². The van der Waals surface area contributed by atoms with Crippen molar-refractivity contribution in [3.8, 4) is 0 Å². The number of allylic oxidation sites excluding steroid dienone is 1. The van der Waals surface area contributed by atoms with E-state index in [2.05, 4.69) is 37.1 Å². The number of rotatable bonds is 2. The molecule has 0 radical (unpaired) electrons. The number of nitrogens with one attached hydrogen (secondary N) is 1. The van der Waals surface area contributed by atoms with Gasteiger partial charge in [0, 0.05) is 30.8 Å². The van der Waals surface area contributed by atoms with Gasteiger partial charge in [-0.2, -0.15) is 0 Å². The van der Waals surface area contributed by atoms with E-state index in [1.165, 1.54) is 5.57 Å². The molecule has 1 aliphatic heterocycles. The zero-order chi connectivity index (χ0) is 8.97. The Morgan fingerprint density at radius 3 is 2.42 bits per heavy atom. The molecule has 0 aromatic carbocycles. The van der Waals surface area contributed by atoms with E-state index in [1.54, 1.807) is 0 Å². The van der Waals surface area contributed by atoms with Gasteiger partial charge in [-0.25, -0.2) is 0 Å². The molecule has 2 heteroatoms. The van der Waals surface area contributed by atoms with Crippen LogP contribution in [0.3, 0.4) is 0 Å². The normalized spacial score (nSPS) is 17.1. The van der Waals surface area contributed by atoms with Crippen molar-refractivity contribution in [1.29, 1.82) is 0 Å². The van der Waals surface area contributed by atoms with Gasteiger partial charge in [-0.1, -0.05) is 11.6 Å². The lowest BCUT2D eigenvalue weighted by Crippen LogP contribution is -2.24. The molecule has 0 aliphatic carbocycles. The Kier molecular flexibility index (Phi) is 2.97. The average molecular weight is 164 g/mol. The molecule has 1 heterocycles. The molecular formula is C10H16N2. The summed E-state index contributed by atoms with van der Waals surface area (Å²) in [7, 11) is 0. The van der Waals surface area contributed by atoms with E-state index in [9.17, 15) is 0 Å². The maximum Gasteiger partial charge on any atom is 0.0486 e. The third-order valence-corrected chi connectivity index (χ3v) is 1.73. The van der Waals surface area contributed by atoms with E-state index in [4.69, 9.17) is 0 Å². The highest BCUT2D eigenvalue weighted by Crippen LogP contribution is 2.06. The number of nitrogens with zero attached hydrogens (tertiary/aromatic N) is 1. The highest BCUT2D eigenvalue weighted by molar-refractivity contribution is 5.08. The minimum atomic E-state index is 0.435. The summed E-state index contributed by atoms with van der Waals surface area (Å²) in [5, 5.41) is 3.00. The van der Waals surface area contributed by atoms with Crippen LogP contribution < -0.4 is 5.32 Å². The summed E-state index contributed by atoms with van der Waals surface area (Å²) in [4.78, 5) is 2.16. The fourth-order valence-corrected chi connectivity index (χ4v) is 1.20. The molecule has 2 nitrogen and oxygen atoms in total. The molecule has 12 heavy (non-hydrogen) atoms. The molecule has 0 spiro atoms. The third kappa shape index (κ3) is 2.46. The second-order valence-corrected chi connectivity index (χ2v) is 3.23. The summed E-state index contributed by atoms with van der Waals surface area (Å²) < 4.78 is 0. The maximum absolute atomic E-state index is 3.00. The van der Waals surface area contributed by atoms with Crippen LogP contribution in [0.5, 0.6) is 0 Å². The van der Waals surface area contributed by atoms with Gasteiger partial charge >= 0.3 is 0 Å². The predicted octanol–water partition coefficient (Wildman–Crippen LogP) is 2.19. The fraction of sp³-hybridized carbons (Fsp3) is 0.400. The number of hydrogen-bond acceptors (Lipinski definition) is 2. The van der Waals surface area contributed by atoms with E-state index >= 15 is 0 Å². The summed E-state index contributed by atoms with van der Waals surface area (Å²) in [5.74, 6) is 0. The zero-order valence-electron chi connectivity index (χ0n) is 7.91. The van der Waals surface area contributed by atoms with Gasteiger partial charge in [-0.05, 0) is 20.8 Å². The molecule has 1 aliphatic rings. The molecule has 1 atom stereocenters. The molecular weight excluding hydrogens is 148 g/mol. The minimum absolute atomic E-state index is 0.435. The lowest BCUT2D eigenvalue weighted by Gasteiger charge is -2.23. The first-order valence-corrected chi connectivity index (χ1v) is 4.22. The van der Waals surface area contributed by atoms with Crippen LogP contribution >= 0.6 is 0 Å². The third-order valence-electron chi connectivity index (χ3n) is 1.73. The fourth-order valence-electron chi connectivity index (χ4n) is 1.20. The first-order valence-electron chi connectivity index (χ1n) is 4.22. The predicted molar refractivity (Wildman–Crippen MR) is 52.1 cm³/mol. The second-order valence-electron chi connectivity index (χ2n) is 3.23. The van der Waals surface area contributed by atoms with Gasteiger partial charge in [-0.15, -0.1) is 0 Å². The Balaban J connectivity index is 2.57. The van der Waals surface area contributed by atoms with E-state index in [0.717, 1.165) is 0 Å². The maximum atomic E-state index is 3.00. The van der Waals surface area contributed by atoms with E-state index in [1.807, 2.05) is 24.8 Å². The topological polar surface area (TPSA) is 15.3 Å². The Labute approximate surface area is 74.3 Å². The first kappa shape index (κ1) is 8.91. The van der Waals surface area contributed by atoms with Crippen LogP contribution in [0.15, 0.2) is 36.4 Å². The molecule has 0 bridgehead atoms. The van der Waals surface area contributed by atoms with Crippen molar-refractivity contribution in [1.82, 2.24) is 10.2 Å². The Hall–Kier alpha value is -1.18. The van der Waals surface area contributed by atoms with Crippen LogP contribution in [-0.2, 0) is 0 Å². The lowest BCUT2D eigenvalue weighted by molar-refractivity contribution is 0.441. The molecule has 0 aromatic heterocycles. The minimum Gasteiger partial charge on any atom is -0.365 e. The smallest absolute Gasteiger partial charge is 0.0486 e. The molecule has 0 amide bonds. The van der Waals surface area contributed by atoms with E-state index in [-0.39, 0.29) is 0 Å². The Morgan fingerprint density at radius 2 is 1.92 bits per heavy atom. The summed E-state index contributed by atoms with van der Waals surface area (Å²) >= 11 is 0. The Bertz CT molecular complexity index is 210. The largest absolute Gasteiger partial charge is 0.365 e. The molecule has 0 fully saturated rings. The van der Waals surface area contributed by atoms with Gasteiger partial charge in [0.05, 0.1) is 0 Å². The highest BCUT2D eigenvalue weighted by Gasteiger charge is 2.04. The van der Waals surface area contributed by atoms with Crippen molar-refractivity contribution in [2.45, 2.75) is 26.8 Å². The standard InChI is InChI=1S/C10H16N2/c1-9(2)8-10(3)12-6-4-11-5-7-12/h4-8,10-11H,1-3H3. The SMILES string of the molecule is CC(C)=CC(C)N1C=CNC=C1. The summed E-state index contributed by atoms with van der Waals surface area (Å²) in [6.45, 7) is 6.41. The van der Waals surface area contributed by atoms with E-state index < -0.39 is 0 Å². The molecule has 66 valence electrons. The van der Waals surface area contributed by atoms with Crippen LogP contribution in [-0.4, -0.2) is 10.9 Å². The first-order chi connectivity index (χ1) is 5.70. The zero-order valence-corrected chi connectivity index (χ0v) is 7.91. The van der Waals surface area contributed by atoms with Crippen LogP contribution in [0.2, 0.25) is 0 Å². The van der Waals surface area contributed by atoms with Crippen LogP contribution in [0, 0.1) is 0 Å². The van der Waals surface area contributed by atoms with Gasteiger partial charge in [0.15, 0.2) is 0 Å². The van der Waals surface area contributed by atoms with Gasteiger partial charge in [-0.3, -0.25) is 0 Å². The molecule has 1 N–H and O–H groups in total. The molecule has 1 unspecified atom stereocenters. The molecule has 0 saturated carbocycles. The molecule has 0 aromatic rings. The Morgan fingerprint density at radius 1 is 1.33 bits per heavy atom. The van der Waals surface area contributed by atoms with Crippen LogP contribution in [0.4, 0.5) is 0 Å². The molecule has 0 saturated heterocycles. The number of hydrogen-bond donors (Lipinski definition) is 1. The highest BCUT2D eigenvalue weighted by atomic mass is 15.1. The monoisotopic (exact) mass is 164 g/mol. The second kappa shape index (κ2) is 4.00. The van der Waals surface area contributed by atoms with Gasteiger partial charge in [0.1, 0.15) is 0 Å². The summed E-state index contributed by atoms with van der Waals surface area (Å²) in [5.41, 5.74) is 1.35. The average Bonchev–Trinajstić information content (AvgIpc) is 2.05. The quantitative estimate of drug-likeness (QED) is 0.629. The summed E-state index contributed by atoms with van der Waals surface area (Å²) in [6, 6.07) is 0.435. The lowest BCUT2D eigenvalue weighted by atomic mass is 10.2. The summed E-state index contributed by atoms with van der Waals surface area (Å²) in [6.07, 6.45) is 10.2. The van der Waals surface area contributed by atoms with Crippen LogP contribution in [0.1, 0.15) is 20.8 Å². The van der Waals surface area contributed by atoms with Gasteiger partial charge < -0.3 is 10.2 Å². The van der Waals surface area contributed by atoms with Crippen molar-refractivity contribution >= 4 is 0 Å². The van der Waals surface area contributed by atoms with Crippen molar-refractivity contribution in [3.05, 3.63) is 36.4 Å². The van der Waals surface area contributed by atoms with Gasteiger partial charge in [0.2, 0.25) is 0 Å². The van der Waals surface area contributed by atoms with Crippen molar-refractivity contribution in [2.24, 2.45) is 0 Å². The molecule has 1 rings (SSSR count). The van der Waals surface area contributed by atoms with Crippen molar-refractivity contribution in [3.63, 3.8) is 0 Å². The van der Waals surface area contributed by atoms with Crippen molar-refractivity contribution < 1.29 is 0 Å². The van der Waals surface area contributed by atoms with E-state index in [0.29, 0.717) is 6.04 Å². The van der Waals surface area contributed by atoms with Crippen molar-refractivity contribution in [2.75, 3.05) is 0 Å².